The fourth-order valence-electron chi connectivity index (χ4n) is 3.13. The van der Waals surface area contributed by atoms with Crippen LogP contribution in [0.15, 0.2) is 18.3 Å². The second kappa shape index (κ2) is 6.78. The average Bonchev–Trinajstić information content (AvgIpc) is 3.16. The van der Waals surface area contributed by atoms with Crippen molar-refractivity contribution in [3.05, 3.63) is 29.9 Å². The molecule has 0 saturated heterocycles. The molecule has 3 rings (SSSR count). The smallest absolute Gasteiger partial charge is 0.233 e. The lowest BCUT2D eigenvalue weighted by Gasteiger charge is -2.33. The van der Waals surface area contributed by atoms with Gasteiger partial charge < -0.3 is 14.4 Å². The molecule has 0 fully saturated rings. The van der Waals surface area contributed by atoms with Crippen LogP contribution >= 0.6 is 11.8 Å². The Bertz CT molecular complexity index is 632. The molecule has 0 aliphatic carbocycles. The van der Waals surface area contributed by atoms with Gasteiger partial charge in [-0.3, -0.25) is 9.59 Å². The van der Waals surface area contributed by atoms with Crippen LogP contribution in [0.1, 0.15) is 24.5 Å². The molecule has 2 aliphatic rings. The van der Waals surface area contributed by atoms with Crippen molar-refractivity contribution in [2.24, 2.45) is 0 Å². The quantitative estimate of drug-likeness (QED) is 0.774. The first-order valence-corrected chi connectivity index (χ1v) is 9.26. The summed E-state index contributed by atoms with van der Waals surface area (Å²) < 4.78 is 2.08. The predicted molar refractivity (Wildman–Crippen MR) is 90.2 cm³/mol. The van der Waals surface area contributed by atoms with Crippen molar-refractivity contribution >= 4 is 23.6 Å². The summed E-state index contributed by atoms with van der Waals surface area (Å²) >= 11 is 1.54. The summed E-state index contributed by atoms with van der Waals surface area (Å²) in [5, 5.41) is 0. The molecule has 23 heavy (non-hydrogen) atoms. The van der Waals surface area contributed by atoms with E-state index in [-0.39, 0.29) is 17.9 Å². The molecule has 0 radical (unpaired) electrons. The largest absolute Gasteiger partial charge is 0.335 e. The number of hydrogen-bond donors (Lipinski definition) is 0. The fourth-order valence-corrected chi connectivity index (χ4v) is 3.54. The van der Waals surface area contributed by atoms with Crippen molar-refractivity contribution in [2.45, 2.75) is 25.9 Å². The molecule has 0 N–H and O–H groups in total. The Hall–Kier alpha value is -1.76. The highest BCUT2D eigenvalue weighted by molar-refractivity contribution is 7.99. The van der Waals surface area contributed by atoms with Crippen LogP contribution in [-0.4, -0.2) is 62.8 Å². The molecule has 0 unspecified atom stereocenters. The SMILES string of the molecule is CSCC(=O)N1CCn2cc(CC(=O)N3CC=CC3)nc2[C@H]1C. The molecular formula is C16H22N4O2S. The molecule has 6 nitrogen and oxygen atoms in total. The third-order valence-corrected chi connectivity index (χ3v) is 4.91. The van der Waals surface area contributed by atoms with Crippen molar-refractivity contribution in [2.75, 3.05) is 31.6 Å². The van der Waals surface area contributed by atoms with Crippen molar-refractivity contribution in [3.63, 3.8) is 0 Å². The summed E-state index contributed by atoms with van der Waals surface area (Å²) in [6.07, 6.45) is 8.24. The van der Waals surface area contributed by atoms with E-state index in [0.717, 1.165) is 18.1 Å². The number of amides is 2. The number of nitrogens with zero attached hydrogens (tertiary/aromatic N) is 4. The highest BCUT2D eigenvalue weighted by atomic mass is 32.2. The molecule has 1 aromatic heterocycles. The van der Waals surface area contributed by atoms with E-state index in [1.54, 1.807) is 0 Å². The van der Waals surface area contributed by atoms with Gasteiger partial charge >= 0.3 is 0 Å². The Morgan fingerprint density at radius 3 is 2.70 bits per heavy atom. The van der Waals surface area contributed by atoms with Gasteiger partial charge in [0.25, 0.3) is 0 Å². The van der Waals surface area contributed by atoms with Gasteiger partial charge in [-0.15, -0.1) is 0 Å². The molecule has 2 aliphatic heterocycles. The van der Waals surface area contributed by atoms with Gasteiger partial charge in [-0.1, -0.05) is 12.2 Å². The van der Waals surface area contributed by atoms with Gasteiger partial charge in [0.15, 0.2) is 0 Å². The first-order chi connectivity index (χ1) is 11.1. The molecule has 1 aromatic rings. The molecule has 3 heterocycles. The van der Waals surface area contributed by atoms with E-state index in [4.69, 9.17) is 0 Å². The van der Waals surface area contributed by atoms with Gasteiger partial charge in [0.2, 0.25) is 11.8 Å². The molecule has 2 amide bonds. The zero-order valence-electron chi connectivity index (χ0n) is 13.6. The molecule has 1 atom stereocenters. The highest BCUT2D eigenvalue weighted by Gasteiger charge is 2.29. The van der Waals surface area contributed by atoms with Crippen molar-refractivity contribution in [1.29, 1.82) is 0 Å². The van der Waals surface area contributed by atoms with Gasteiger partial charge in [-0.2, -0.15) is 11.8 Å². The minimum Gasteiger partial charge on any atom is -0.335 e. The Balaban J connectivity index is 1.70. The van der Waals surface area contributed by atoms with E-state index < -0.39 is 0 Å². The van der Waals surface area contributed by atoms with Crippen LogP contribution in [-0.2, 0) is 22.6 Å². The van der Waals surface area contributed by atoms with E-state index >= 15 is 0 Å². The molecule has 7 heteroatoms. The maximum atomic E-state index is 12.2. The van der Waals surface area contributed by atoms with Crippen LogP contribution in [0.4, 0.5) is 0 Å². The van der Waals surface area contributed by atoms with Gasteiger partial charge in [0, 0.05) is 32.4 Å². The van der Waals surface area contributed by atoms with Crippen LogP contribution in [0.25, 0.3) is 0 Å². The summed E-state index contributed by atoms with van der Waals surface area (Å²) in [6.45, 7) is 4.84. The zero-order chi connectivity index (χ0) is 16.4. The van der Waals surface area contributed by atoms with E-state index in [1.165, 1.54) is 11.8 Å². The van der Waals surface area contributed by atoms with Crippen LogP contribution < -0.4 is 0 Å². The highest BCUT2D eigenvalue weighted by Crippen LogP contribution is 2.25. The fraction of sp³-hybridized carbons (Fsp3) is 0.562. The Labute approximate surface area is 140 Å². The second-order valence-electron chi connectivity index (χ2n) is 5.93. The van der Waals surface area contributed by atoms with Crippen molar-refractivity contribution < 1.29 is 9.59 Å². The van der Waals surface area contributed by atoms with Gasteiger partial charge in [0.1, 0.15) is 5.82 Å². The summed E-state index contributed by atoms with van der Waals surface area (Å²) in [5.74, 6) is 1.64. The third kappa shape index (κ3) is 3.29. The topological polar surface area (TPSA) is 58.4 Å². The number of carbonyl (C=O) groups excluding carboxylic acids is 2. The van der Waals surface area contributed by atoms with Crippen molar-refractivity contribution in [1.82, 2.24) is 19.4 Å². The molecule has 0 bridgehead atoms. The lowest BCUT2D eigenvalue weighted by molar-refractivity contribution is -0.131. The normalized spacial score (nSPS) is 20.0. The van der Waals surface area contributed by atoms with E-state index in [2.05, 4.69) is 9.55 Å². The number of aromatic nitrogens is 2. The maximum Gasteiger partial charge on any atom is 0.233 e. The van der Waals surface area contributed by atoms with E-state index in [9.17, 15) is 9.59 Å². The van der Waals surface area contributed by atoms with Crippen LogP contribution in [0.3, 0.4) is 0 Å². The molecule has 0 spiro atoms. The minimum absolute atomic E-state index is 0.0410. The first-order valence-electron chi connectivity index (χ1n) is 7.87. The summed E-state index contributed by atoms with van der Waals surface area (Å²) in [7, 11) is 0. The van der Waals surface area contributed by atoms with Crippen LogP contribution in [0.5, 0.6) is 0 Å². The Kier molecular flexibility index (Phi) is 4.75. The summed E-state index contributed by atoms with van der Waals surface area (Å²) in [6, 6.07) is -0.0410. The third-order valence-electron chi connectivity index (χ3n) is 4.37. The lowest BCUT2D eigenvalue weighted by Crippen LogP contribution is -2.41. The summed E-state index contributed by atoms with van der Waals surface area (Å²) in [5.41, 5.74) is 0.794. The van der Waals surface area contributed by atoms with E-state index in [1.807, 2.05) is 41.3 Å². The van der Waals surface area contributed by atoms with Gasteiger partial charge in [-0.05, 0) is 13.2 Å². The predicted octanol–water partition coefficient (Wildman–Crippen LogP) is 1.09. The van der Waals surface area contributed by atoms with Gasteiger partial charge in [0.05, 0.1) is 23.9 Å². The molecule has 124 valence electrons. The molecular weight excluding hydrogens is 312 g/mol. The number of carbonyl (C=O) groups is 2. The lowest BCUT2D eigenvalue weighted by atomic mass is 10.2. The zero-order valence-corrected chi connectivity index (χ0v) is 14.4. The van der Waals surface area contributed by atoms with Crippen molar-refractivity contribution in [3.8, 4) is 0 Å². The molecule has 0 saturated carbocycles. The standard InChI is InChI=1S/C16H22N4O2S/c1-12-16-17-13(9-14(21)18-5-3-4-6-18)10-19(16)7-8-20(12)15(22)11-23-2/h3-4,10,12H,5-9,11H2,1-2H3/t12-/m1/s1. The number of hydrogen-bond acceptors (Lipinski definition) is 4. The number of imidazole rings is 1. The number of rotatable bonds is 4. The molecule has 0 aromatic carbocycles. The van der Waals surface area contributed by atoms with Crippen LogP contribution in [0.2, 0.25) is 0 Å². The van der Waals surface area contributed by atoms with E-state index in [0.29, 0.717) is 31.8 Å². The monoisotopic (exact) mass is 334 g/mol. The Morgan fingerprint density at radius 2 is 2.00 bits per heavy atom. The Morgan fingerprint density at radius 1 is 1.26 bits per heavy atom. The first kappa shape index (κ1) is 16.1. The average molecular weight is 334 g/mol. The number of fused-ring (bicyclic) bond motifs is 1. The second-order valence-corrected chi connectivity index (χ2v) is 6.79. The minimum atomic E-state index is -0.0410. The maximum absolute atomic E-state index is 12.2. The summed E-state index contributed by atoms with van der Waals surface area (Å²) in [4.78, 5) is 32.7. The van der Waals surface area contributed by atoms with Gasteiger partial charge in [-0.25, -0.2) is 4.98 Å². The number of thioether (sulfide) groups is 1. The van der Waals surface area contributed by atoms with Crippen LogP contribution in [0, 0.1) is 0 Å².